The molecule has 4 rings (SSSR count). The van der Waals surface area contributed by atoms with Crippen LogP contribution in [-0.2, 0) is 4.79 Å². The summed E-state index contributed by atoms with van der Waals surface area (Å²) < 4.78 is 11.1. The fourth-order valence-corrected chi connectivity index (χ4v) is 2.98. The Hall–Kier alpha value is -3.36. The number of carbonyl (C=O) groups is 2. The van der Waals surface area contributed by atoms with Crippen LogP contribution in [0.4, 0.5) is 11.6 Å². The Morgan fingerprint density at radius 2 is 1.85 bits per heavy atom. The van der Waals surface area contributed by atoms with E-state index in [0.29, 0.717) is 62.5 Å². The largest absolute Gasteiger partial charge is 0.486 e. The van der Waals surface area contributed by atoms with E-state index in [1.807, 2.05) is 18.2 Å². The number of hydrogen-bond donors (Lipinski definition) is 1. The van der Waals surface area contributed by atoms with Crippen LogP contribution in [0.2, 0.25) is 0 Å². The van der Waals surface area contributed by atoms with Gasteiger partial charge in [-0.2, -0.15) is 0 Å². The van der Waals surface area contributed by atoms with Gasteiger partial charge in [0.25, 0.3) is 5.91 Å². The second kappa shape index (κ2) is 7.48. The van der Waals surface area contributed by atoms with Crippen molar-refractivity contribution in [3.63, 3.8) is 0 Å². The Kier molecular flexibility index (Phi) is 4.73. The second-order valence-corrected chi connectivity index (χ2v) is 6.18. The third-order valence-electron chi connectivity index (χ3n) is 4.42. The zero-order valence-electron chi connectivity index (χ0n) is 14.6. The summed E-state index contributed by atoms with van der Waals surface area (Å²) in [7, 11) is 0. The normalized spacial score (nSPS) is 16.0. The van der Waals surface area contributed by atoms with E-state index in [-0.39, 0.29) is 5.91 Å². The number of hydrogen-bond acceptors (Lipinski definition) is 7. The number of ether oxygens (including phenoxy) is 2. The summed E-state index contributed by atoms with van der Waals surface area (Å²) >= 11 is 0. The molecule has 1 aromatic heterocycles. The van der Waals surface area contributed by atoms with Crippen molar-refractivity contribution in [3.05, 3.63) is 36.2 Å². The number of fused-ring (bicyclic) bond motifs is 1. The van der Waals surface area contributed by atoms with Gasteiger partial charge in [-0.15, -0.1) is 0 Å². The zero-order valence-corrected chi connectivity index (χ0v) is 14.6. The van der Waals surface area contributed by atoms with E-state index in [1.54, 1.807) is 22.1 Å². The predicted molar refractivity (Wildman–Crippen MR) is 96.3 cm³/mol. The molecular weight excluding hydrogens is 350 g/mol. The Morgan fingerprint density at radius 1 is 1.07 bits per heavy atom. The van der Waals surface area contributed by atoms with E-state index < -0.39 is 0 Å². The van der Waals surface area contributed by atoms with Crippen molar-refractivity contribution in [3.8, 4) is 11.5 Å². The number of anilines is 2. The average Bonchev–Trinajstić information content (AvgIpc) is 2.73. The van der Waals surface area contributed by atoms with E-state index in [4.69, 9.17) is 9.47 Å². The summed E-state index contributed by atoms with van der Waals surface area (Å²) in [5.74, 6) is 1.51. The van der Waals surface area contributed by atoms with Gasteiger partial charge in [0.1, 0.15) is 18.9 Å². The van der Waals surface area contributed by atoms with Gasteiger partial charge < -0.3 is 24.6 Å². The van der Waals surface area contributed by atoms with Gasteiger partial charge in [0.2, 0.25) is 12.4 Å². The van der Waals surface area contributed by atoms with Crippen molar-refractivity contribution in [1.82, 2.24) is 19.8 Å². The van der Waals surface area contributed by atoms with Gasteiger partial charge in [0.15, 0.2) is 11.5 Å². The van der Waals surface area contributed by atoms with Crippen molar-refractivity contribution >= 4 is 24.0 Å². The van der Waals surface area contributed by atoms with E-state index in [2.05, 4.69) is 15.3 Å². The molecule has 0 saturated carbocycles. The zero-order chi connectivity index (χ0) is 18.6. The molecule has 0 atom stereocenters. The van der Waals surface area contributed by atoms with Crippen LogP contribution in [-0.4, -0.2) is 71.5 Å². The first-order valence-corrected chi connectivity index (χ1v) is 8.71. The first-order chi connectivity index (χ1) is 13.2. The molecule has 0 unspecified atom stereocenters. The molecule has 0 spiro atoms. The van der Waals surface area contributed by atoms with Crippen LogP contribution in [0.1, 0.15) is 10.5 Å². The summed E-state index contributed by atoms with van der Waals surface area (Å²) in [5.41, 5.74) is 1.05. The minimum atomic E-state index is -0.173. The smallest absolute Gasteiger partial charge is 0.272 e. The molecule has 1 aromatic carbocycles. The summed E-state index contributed by atoms with van der Waals surface area (Å²) in [6, 6.07) is 7.05. The highest BCUT2D eigenvalue weighted by molar-refractivity contribution is 5.92. The highest BCUT2D eigenvalue weighted by Crippen LogP contribution is 2.33. The topological polar surface area (TPSA) is 96.9 Å². The van der Waals surface area contributed by atoms with Crippen molar-refractivity contribution in [2.24, 2.45) is 0 Å². The predicted octanol–water partition coefficient (Wildman–Crippen LogP) is 0.906. The maximum atomic E-state index is 12.7. The van der Waals surface area contributed by atoms with E-state index in [1.165, 1.54) is 0 Å². The molecule has 2 aliphatic heterocycles. The molecule has 1 saturated heterocycles. The van der Waals surface area contributed by atoms with Crippen LogP contribution < -0.4 is 14.8 Å². The number of piperazine rings is 1. The quantitative estimate of drug-likeness (QED) is 0.800. The third kappa shape index (κ3) is 3.76. The number of nitrogens with zero attached hydrogens (tertiary/aromatic N) is 4. The van der Waals surface area contributed by atoms with Crippen LogP contribution in [0.3, 0.4) is 0 Å². The number of nitrogens with one attached hydrogen (secondary N) is 1. The number of benzene rings is 1. The lowest BCUT2D eigenvalue weighted by atomic mass is 10.2. The number of amides is 2. The third-order valence-corrected chi connectivity index (χ3v) is 4.42. The van der Waals surface area contributed by atoms with E-state index in [0.717, 1.165) is 12.1 Å². The van der Waals surface area contributed by atoms with Crippen LogP contribution in [0.25, 0.3) is 0 Å². The first-order valence-electron chi connectivity index (χ1n) is 8.71. The van der Waals surface area contributed by atoms with Gasteiger partial charge in [-0.05, 0) is 18.2 Å². The number of rotatable bonds is 4. The molecule has 2 aromatic rings. The Morgan fingerprint density at radius 3 is 2.63 bits per heavy atom. The van der Waals surface area contributed by atoms with Crippen molar-refractivity contribution < 1.29 is 19.1 Å². The van der Waals surface area contributed by atoms with E-state index >= 15 is 0 Å². The highest BCUT2D eigenvalue weighted by atomic mass is 16.6. The van der Waals surface area contributed by atoms with Crippen molar-refractivity contribution in [2.45, 2.75) is 0 Å². The average molecular weight is 369 g/mol. The van der Waals surface area contributed by atoms with Gasteiger partial charge in [-0.1, -0.05) is 0 Å². The lowest BCUT2D eigenvalue weighted by Crippen LogP contribution is -2.48. The molecule has 0 bridgehead atoms. The molecule has 3 heterocycles. The van der Waals surface area contributed by atoms with Crippen molar-refractivity contribution in [2.75, 3.05) is 44.7 Å². The molecule has 1 fully saturated rings. The monoisotopic (exact) mass is 369 g/mol. The standard InChI is InChI=1S/C18H19N5O4/c24-12-22-5-7-23(8-6-22)17(25)14-3-4-19-18(21-14)20-13-1-2-15-16(11-13)27-10-9-26-15/h1-4,11-12H,5-10H2,(H,19,20,21). The van der Waals surface area contributed by atoms with Crippen LogP contribution in [0.15, 0.2) is 30.5 Å². The highest BCUT2D eigenvalue weighted by Gasteiger charge is 2.22. The van der Waals surface area contributed by atoms with Gasteiger partial charge in [-0.25, -0.2) is 9.97 Å². The summed E-state index contributed by atoms with van der Waals surface area (Å²) in [5, 5.41) is 3.09. The summed E-state index contributed by atoms with van der Waals surface area (Å²) in [6.45, 7) is 3.09. The molecule has 9 nitrogen and oxygen atoms in total. The lowest BCUT2D eigenvalue weighted by molar-refractivity contribution is -0.119. The van der Waals surface area contributed by atoms with Crippen LogP contribution in [0.5, 0.6) is 11.5 Å². The van der Waals surface area contributed by atoms with E-state index in [9.17, 15) is 9.59 Å². The fourth-order valence-electron chi connectivity index (χ4n) is 2.98. The second-order valence-electron chi connectivity index (χ2n) is 6.18. The molecule has 9 heteroatoms. The summed E-state index contributed by atoms with van der Waals surface area (Å²) in [4.78, 5) is 35.3. The van der Waals surface area contributed by atoms with Gasteiger partial charge >= 0.3 is 0 Å². The molecule has 27 heavy (non-hydrogen) atoms. The Bertz CT molecular complexity index is 851. The van der Waals surface area contributed by atoms with Crippen molar-refractivity contribution in [1.29, 1.82) is 0 Å². The molecule has 2 amide bonds. The van der Waals surface area contributed by atoms with Gasteiger partial charge in [-0.3, -0.25) is 9.59 Å². The van der Waals surface area contributed by atoms with Crippen LogP contribution in [0, 0.1) is 0 Å². The minimum Gasteiger partial charge on any atom is -0.486 e. The molecule has 0 radical (unpaired) electrons. The first kappa shape index (κ1) is 17.1. The SMILES string of the molecule is O=CN1CCN(C(=O)c2ccnc(Nc3ccc4c(c3)OCCO4)n2)CC1. The van der Waals surface area contributed by atoms with Crippen LogP contribution >= 0.6 is 0 Å². The lowest BCUT2D eigenvalue weighted by Gasteiger charge is -2.32. The number of carbonyl (C=O) groups excluding carboxylic acids is 2. The minimum absolute atomic E-state index is 0.173. The molecule has 1 N–H and O–H groups in total. The molecular formula is C18H19N5O4. The molecule has 2 aliphatic rings. The number of aromatic nitrogens is 2. The maximum Gasteiger partial charge on any atom is 0.272 e. The van der Waals surface area contributed by atoms with Gasteiger partial charge in [0.05, 0.1) is 0 Å². The summed E-state index contributed by atoms with van der Waals surface area (Å²) in [6.07, 6.45) is 2.35. The maximum absolute atomic E-state index is 12.7. The fraction of sp³-hybridized carbons (Fsp3) is 0.333. The Labute approximate surface area is 155 Å². The van der Waals surface area contributed by atoms with Gasteiger partial charge in [0, 0.05) is 44.1 Å². The molecule has 0 aliphatic carbocycles. The Balaban J connectivity index is 1.46. The molecule has 140 valence electrons.